The Kier molecular flexibility index (Phi) is 4.60. The second-order valence-electron chi connectivity index (χ2n) is 6.38. The highest BCUT2D eigenvalue weighted by atomic mass is 32.1. The van der Waals surface area contributed by atoms with Crippen LogP contribution in [0.5, 0.6) is 5.75 Å². The second kappa shape index (κ2) is 7.08. The third-order valence-corrected chi connectivity index (χ3v) is 5.75. The minimum atomic E-state index is -0.713. The molecule has 1 amide bonds. The molecule has 1 aromatic carbocycles. The number of aromatic nitrogens is 2. The van der Waals surface area contributed by atoms with Crippen LogP contribution in [0.15, 0.2) is 34.6 Å². The lowest BCUT2D eigenvalue weighted by atomic mass is 10.1. The van der Waals surface area contributed by atoms with Gasteiger partial charge in [-0.15, -0.1) is 11.3 Å². The molecule has 28 heavy (non-hydrogen) atoms. The minimum absolute atomic E-state index is 0.0269. The van der Waals surface area contributed by atoms with E-state index in [2.05, 4.69) is 4.98 Å². The fraction of sp³-hybridized carbons (Fsp3) is 0.263. The molecule has 0 bridgehead atoms. The zero-order chi connectivity index (χ0) is 19.8. The number of hydrogen-bond acceptors (Lipinski definition) is 7. The van der Waals surface area contributed by atoms with Crippen molar-refractivity contribution in [3.63, 3.8) is 0 Å². The Bertz CT molecular complexity index is 1150. The van der Waals surface area contributed by atoms with Crippen LogP contribution in [0.3, 0.4) is 0 Å². The molecule has 9 heteroatoms. The lowest BCUT2D eigenvalue weighted by molar-refractivity contribution is 0.0594. The molecule has 0 aliphatic carbocycles. The summed E-state index contributed by atoms with van der Waals surface area (Å²) in [6.45, 7) is 0.843. The summed E-state index contributed by atoms with van der Waals surface area (Å²) in [6, 6.07) is 6.41. The molecule has 0 saturated heterocycles. The van der Waals surface area contributed by atoms with Crippen molar-refractivity contribution in [3.8, 4) is 5.75 Å². The van der Waals surface area contributed by atoms with Gasteiger partial charge in [-0.25, -0.2) is 9.78 Å². The van der Waals surface area contributed by atoms with Gasteiger partial charge in [0.05, 0.1) is 28.4 Å². The van der Waals surface area contributed by atoms with Gasteiger partial charge in [-0.2, -0.15) is 0 Å². The number of ether oxygens (including phenoxy) is 1. The number of aromatic hydroxyl groups is 1. The van der Waals surface area contributed by atoms with E-state index in [-0.39, 0.29) is 24.4 Å². The van der Waals surface area contributed by atoms with Crippen molar-refractivity contribution in [2.24, 2.45) is 0 Å². The first kappa shape index (κ1) is 18.2. The van der Waals surface area contributed by atoms with Crippen LogP contribution in [0.1, 0.15) is 26.4 Å². The Hall–Kier alpha value is -3.20. The van der Waals surface area contributed by atoms with E-state index in [1.807, 2.05) is 6.07 Å². The molecular weight excluding hydrogens is 382 g/mol. The van der Waals surface area contributed by atoms with E-state index in [9.17, 15) is 19.5 Å². The number of thiazole rings is 1. The number of pyridine rings is 1. The summed E-state index contributed by atoms with van der Waals surface area (Å²) in [7, 11) is 1.21. The predicted octanol–water partition coefficient (Wildman–Crippen LogP) is 1.65. The zero-order valence-electron chi connectivity index (χ0n) is 15.0. The van der Waals surface area contributed by atoms with Gasteiger partial charge in [0.15, 0.2) is 0 Å². The van der Waals surface area contributed by atoms with Crippen LogP contribution in [0.4, 0.5) is 0 Å². The average Bonchev–Trinajstić information content (AvgIpc) is 3.06. The summed E-state index contributed by atoms with van der Waals surface area (Å²) < 4.78 is 6.99. The number of hydrogen-bond donors (Lipinski definition) is 1. The number of benzene rings is 1. The van der Waals surface area contributed by atoms with Crippen LogP contribution in [-0.2, 0) is 17.7 Å². The summed E-state index contributed by atoms with van der Waals surface area (Å²) in [4.78, 5) is 43.4. The van der Waals surface area contributed by atoms with Crippen LogP contribution in [0.2, 0.25) is 0 Å². The number of carbonyl (C=O) groups excluding carboxylic acids is 2. The molecular formula is C19H17N3O5S. The lowest BCUT2D eigenvalue weighted by Gasteiger charge is -2.20. The zero-order valence-corrected chi connectivity index (χ0v) is 15.9. The van der Waals surface area contributed by atoms with Crippen molar-refractivity contribution in [2.45, 2.75) is 13.0 Å². The van der Waals surface area contributed by atoms with Crippen molar-refractivity contribution in [3.05, 3.63) is 57.0 Å². The third-order valence-electron chi connectivity index (χ3n) is 4.87. The molecule has 1 aliphatic rings. The second-order valence-corrected chi connectivity index (χ2v) is 7.24. The summed E-state index contributed by atoms with van der Waals surface area (Å²) in [5.41, 5.74) is 2.96. The van der Waals surface area contributed by atoms with E-state index in [1.165, 1.54) is 23.0 Å². The van der Waals surface area contributed by atoms with Crippen LogP contribution >= 0.6 is 11.3 Å². The van der Waals surface area contributed by atoms with Crippen LogP contribution in [0, 0.1) is 0 Å². The van der Waals surface area contributed by atoms with Crippen LogP contribution in [-0.4, -0.2) is 51.6 Å². The number of amides is 1. The molecule has 0 atom stereocenters. The Morgan fingerprint density at radius 2 is 2.07 bits per heavy atom. The Labute approximate surface area is 163 Å². The van der Waals surface area contributed by atoms with Crippen molar-refractivity contribution in [1.82, 2.24) is 14.5 Å². The largest absolute Gasteiger partial charge is 0.507 e. The maximum absolute atomic E-state index is 13.1. The lowest BCUT2D eigenvalue weighted by Crippen LogP contribution is -2.34. The molecule has 3 heterocycles. The molecule has 0 spiro atoms. The molecule has 2 aromatic heterocycles. The molecule has 1 N–H and O–H groups in total. The van der Waals surface area contributed by atoms with E-state index < -0.39 is 17.3 Å². The number of esters is 1. The van der Waals surface area contributed by atoms with Gasteiger partial charge in [0.1, 0.15) is 11.3 Å². The van der Waals surface area contributed by atoms with E-state index in [0.29, 0.717) is 24.3 Å². The molecule has 0 saturated carbocycles. The van der Waals surface area contributed by atoms with Gasteiger partial charge in [0.2, 0.25) is 0 Å². The van der Waals surface area contributed by atoms with E-state index in [0.717, 1.165) is 16.3 Å². The number of carbonyl (C=O) groups is 2. The maximum atomic E-state index is 13.1. The van der Waals surface area contributed by atoms with Gasteiger partial charge >= 0.3 is 5.97 Å². The normalized spacial score (nSPS) is 13.8. The first-order valence-corrected chi connectivity index (χ1v) is 9.54. The highest BCUT2D eigenvalue weighted by molar-refractivity contribution is 7.17. The van der Waals surface area contributed by atoms with Gasteiger partial charge in [-0.3, -0.25) is 9.59 Å². The summed E-state index contributed by atoms with van der Waals surface area (Å²) >= 11 is 1.40. The molecule has 144 valence electrons. The number of nitrogens with zero attached hydrogens (tertiary/aromatic N) is 3. The number of fused-ring (bicyclic) bond motifs is 2. The third kappa shape index (κ3) is 2.93. The van der Waals surface area contributed by atoms with Gasteiger partial charge < -0.3 is 19.3 Å². The first-order chi connectivity index (χ1) is 13.5. The van der Waals surface area contributed by atoms with Crippen LogP contribution < -0.4 is 5.56 Å². The smallest absolute Gasteiger partial charge is 0.343 e. The van der Waals surface area contributed by atoms with Gasteiger partial charge in [0, 0.05) is 37.8 Å². The van der Waals surface area contributed by atoms with Crippen molar-refractivity contribution < 1.29 is 19.4 Å². The fourth-order valence-corrected chi connectivity index (χ4v) is 4.31. The minimum Gasteiger partial charge on any atom is -0.507 e. The molecule has 4 rings (SSSR count). The van der Waals surface area contributed by atoms with Crippen molar-refractivity contribution >= 4 is 33.4 Å². The molecule has 0 radical (unpaired) electrons. The maximum Gasteiger partial charge on any atom is 0.343 e. The van der Waals surface area contributed by atoms with Gasteiger partial charge in [0.25, 0.3) is 11.5 Å². The summed E-state index contributed by atoms with van der Waals surface area (Å²) in [6.07, 6.45) is 0.248. The standard InChI is InChI=1S/C19H17N3O5S/c1-27-19(26)16-13-5-6-21(7-8-22(13)15(24)9-14(16)23)18(25)11-3-2-4-12-17(11)28-10-20-12/h2-4,9-10,23H,5-8H2,1H3. The molecule has 1 aliphatic heterocycles. The van der Waals surface area contributed by atoms with Crippen molar-refractivity contribution in [1.29, 1.82) is 0 Å². The number of methoxy groups -OCH3 is 1. The molecule has 3 aromatic rings. The van der Waals surface area contributed by atoms with E-state index in [1.54, 1.807) is 22.5 Å². The molecule has 8 nitrogen and oxygen atoms in total. The fourth-order valence-electron chi connectivity index (χ4n) is 3.51. The molecule has 0 fully saturated rings. The van der Waals surface area contributed by atoms with E-state index in [4.69, 9.17) is 4.74 Å². The van der Waals surface area contributed by atoms with Gasteiger partial charge in [-0.05, 0) is 12.1 Å². The highest BCUT2D eigenvalue weighted by Gasteiger charge is 2.27. The Morgan fingerprint density at radius 3 is 2.86 bits per heavy atom. The summed E-state index contributed by atoms with van der Waals surface area (Å²) in [5, 5.41) is 10.1. The first-order valence-electron chi connectivity index (χ1n) is 8.66. The topological polar surface area (TPSA) is 102 Å². The number of rotatable bonds is 2. The van der Waals surface area contributed by atoms with Crippen molar-refractivity contribution in [2.75, 3.05) is 20.2 Å². The van der Waals surface area contributed by atoms with E-state index >= 15 is 0 Å². The SMILES string of the molecule is COC(=O)c1c(O)cc(=O)n2c1CCN(C(=O)c1cccc3ncsc13)CC2. The Balaban J connectivity index is 1.69. The Morgan fingerprint density at radius 1 is 1.25 bits per heavy atom. The summed E-state index contributed by atoms with van der Waals surface area (Å²) in [5.74, 6) is -1.27. The quantitative estimate of drug-likeness (QED) is 0.658. The predicted molar refractivity (Wildman–Crippen MR) is 103 cm³/mol. The molecule has 0 unspecified atom stereocenters. The monoisotopic (exact) mass is 399 g/mol. The average molecular weight is 399 g/mol. The highest BCUT2D eigenvalue weighted by Crippen LogP contribution is 2.26. The van der Waals surface area contributed by atoms with Crippen LogP contribution in [0.25, 0.3) is 10.2 Å². The van der Waals surface area contributed by atoms with Gasteiger partial charge in [-0.1, -0.05) is 6.07 Å².